The van der Waals surface area contributed by atoms with Crippen molar-refractivity contribution in [2.75, 3.05) is 19.6 Å². The molecule has 1 atom stereocenters. The molecule has 0 bridgehead atoms. The monoisotopic (exact) mass is 451 g/mol. The highest BCUT2D eigenvalue weighted by atomic mass is 32.2. The first-order valence-corrected chi connectivity index (χ1v) is 11.3. The SMILES string of the molecule is O=S(=O)(c1ccc(-c2noc(C(F)(F)F)n2)cc1)[C@@H]1CCN(CCc2ccccc2)C1. The summed E-state index contributed by atoms with van der Waals surface area (Å²) in [5.41, 5.74) is 1.45. The van der Waals surface area contributed by atoms with Crippen LogP contribution in [0.4, 0.5) is 13.2 Å². The lowest BCUT2D eigenvalue weighted by molar-refractivity contribution is -0.159. The van der Waals surface area contributed by atoms with Crippen molar-refractivity contribution in [3.05, 3.63) is 66.1 Å². The second kappa shape index (κ2) is 8.43. The Labute approximate surface area is 177 Å². The maximum absolute atomic E-state index is 13.0. The summed E-state index contributed by atoms with van der Waals surface area (Å²) in [6, 6.07) is 15.5. The van der Waals surface area contributed by atoms with E-state index in [0.29, 0.717) is 19.5 Å². The summed E-state index contributed by atoms with van der Waals surface area (Å²) in [5.74, 6) is -1.69. The summed E-state index contributed by atoms with van der Waals surface area (Å²) in [7, 11) is -3.56. The van der Waals surface area contributed by atoms with E-state index >= 15 is 0 Å². The molecule has 164 valence electrons. The summed E-state index contributed by atoms with van der Waals surface area (Å²) < 4.78 is 68.1. The third kappa shape index (κ3) is 4.80. The first kappa shape index (κ1) is 21.5. The highest BCUT2D eigenvalue weighted by Crippen LogP contribution is 2.30. The van der Waals surface area contributed by atoms with Crippen LogP contribution in [-0.4, -0.2) is 48.3 Å². The summed E-state index contributed by atoms with van der Waals surface area (Å²) in [4.78, 5) is 5.59. The van der Waals surface area contributed by atoms with Gasteiger partial charge in [-0.15, -0.1) is 0 Å². The Hall–Kier alpha value is -2.72. The zero-order valence-electron chi connectivity index (χ0n) is 16.4. The zero-order valence-corrected chi connectivity index (χ0v) is 17.2. The molecule has 2 heterocycles. The number of aromatic nitrogens is 2. The molecule has 0 aliphatic carbocycles. The number of sulfone groups is 1. The summed E-state index contributed by atoms with van der Waals surface area (Å²) in [5, 5.41) is 2.80. The van der Waals surface area contributed by atoms with Crippen LogP contribution in [-0.2, 0) is 22.4 Å². The molecule has 10 heteroatoms. The average Bonchev–Trinajstić information content (AvgIpc) is 3.43. The van der Waals surface area contributed by atoms with E-state index < -0.39 is 27.2 Å². The van der Waals surface area contributed by atoms with Crippen molar-refractivity contribution in [2.45, 2.75) is 29.2 Å². The topological polar surface area (TPSA) is 76.3 Å². The Kier molecular flexibility index (Phi) is 5.85. The van der Waals surface area contributed by atoms with E-state index in [1.807, 2.05) is 30.3 Å². The summed E-state index contributed by atoms with van der Waals surface area (Å²) >= 11 is 0. The van der Waals surface area contributed by atoms with Crippen LogP contribution in [0, 0.1) is 0 Å². The van der Waals surface area contributed by atoms with Crippen molar-refractivity contribution in [3.8, 4) is 11.4 Å². The van der Waals surface area contributed by atoms with Gasteiger partial charge in [0.05, 0.1) is 10.1 Å². The van der Waals surface area contributed by atoms with Crippen LogP contribution in [0.3, 0.4) is 0 Å². The van der Waals surface area contributed by atoms with Crippen LogP contribution >= 0.6 is 0 Å². The number of nitrogens with zero attached hydrogens (tertiary/aromatic N) is 3. The number of likely N-dealkylation sites (tertiary alicyclic amines) is 1. The highest BCUT2D eigenvalue weighted by Gasteiger charge is 2.38. The highest BCUT2D eigenvalue weighted by molar-refractivity contribution is 7.92. The van der Waals surface area contributed by atoms with Crippen LogP contribution in [0.2, 0.25) is 0 Å². The van der Waals surface area contributed by atoms with Gasteiger partial charge in [-0.25, -0.2) is 8.42 Å². The Balaban J connectivity index is 1.41. The summed E-state index contributed by atoms with van der Waals surface area (Å²) in [6.07, 6.45) is -3.34. The zero-order chi connectivity index (χ0) is 22.1. The molecule has 4 rings (SSSR count). The molecule has 1 aromatic heterocycles. The van der Waals surface area contributed by atoms with Crippen LogP contribution in [0.5, 0.6) is 0 Å². The van der Waals surface area contributed by atoms with Gasteiger partial charge in [-0.3, -0.25) is 0 Å². The van der Waals surface area contributed by atoms with Gasteiger partial charge in [-0.2, -0.15) is 18.2 Å². The fourth-order valence-electron chi connectivity index (χ4n) is 3.63. The van der Waals surface area contributed by atoms with Crippen LogP contribution in [0.25, 0.3) is 11.4 Å². The lowest BCUT2D eigenvalue weighted by Gasteiger charge is -2.16. The van der Waals surface area contributed by atoms with Crippen LogP contribution in [0.15, 0.2) is 64.0 Å². The molecule has 31 heavy (non-hydrogen) atoms. The van der Waals surface area contributed by atoms with Gasteiger partial charge in [0.15, 0.2) is 9.84 Å². The molecule has 3 aromatic rings. The van der Waals surface area contributed by atoms with Crippen molar-refractivity contribution in [2.24, 2.45) is 0 Å². The largest absolute Gasteiger partial charge is 0.471 e. The summed E-state index contributed by atoms with van der Waals surface area (Å²) in [6.45, 7) is 1.95. The predicted octanol–water partition coefficient (Wildman–Crippen LogP) is 3.85. The molecule has 0 unspecified atom stereocenters. The predicted molar refractivity (Wildman–Crippen MR) is 107 cm³/mol. The van der Waals surface area contributed by atoms with Crippen molar-refractivity contribution in [1.29, 1.82) is 0 Å². The molecule has 0 radical (unpaired) electrons. The van der Waals surface area contributed by atoms with Gasteiger partial charge in [0.2, 0.25) is 5.82 Å². The lowest BCUT2D eigenvalue weighted by Crippen LogP contribution is -2.28. The van der Waals surface area contributed by atoms with E-state index in [2.05, 4.69) is 19.6 Å². The van der Waals surface area contributed by atoms with Crippen molar-refractivity contribution >= 4 is 9.84 Å². The van der Waals surface area contributed by atoms with E-state index in [1.165, 1.54) is 29.8 Å². The molecule has 1 saturated heterocycles. The van der Waals surface area contributed by atoms with Crippen molar-refractivity contribution in [3.63, 3.8) is 0 Å². The number of benzene rings is 2. The molecule has 6 nitrogen and oxygen atoms in total. The fraction of sp³-hybridized carbons (Fsp3) is 0.333. The van der Waals surface area contributed by atoms with Crippen LogP contribution < -0.4 is 0 Å². The molecule has 2 aromatic carbocycles. The van der Waals surface area contributed by atoms with Gasteiger partial charge in [-0.05, 0) is 49.2 Å². The Morgan fingerprint density at radius 3 is 2.42 bits per heavy atom. The molecule has 1 aliphatic heterocycles. The van der Waals surface area contributed by atoms with E-state index in [4.69, 9.17) is 0 Å². The minimum absolute atomic E-state index is 0.130. The first-order valence-electron chi connectivity index (χ1n) is 9.75. The van der Waals surface area contributed by atoms with E-state index in [9.17, 15) is 21.6 Å². The normalized spacial score (nSPS) is 17.8. The van der Waals surface area contributed by atoms with Crippen molar-refractivity contribution in [1.82, 2.24) is 15.0 Å². The maximum Gasteiger partial charge on any atom is 0.471 e. The molecule has 0 saturated carbocycles. The fourth-order valence-corrected chi connectivity index (χ4v) is 5.35. The van der Waals surface area contributed by atoms with Gasteiger partial charge >= 0.3 is 12.1 Å². The third-order valence-corrected chi connectivity index (χ3v) is 7.53. The van der Waals surface area contributed by atoms with Gasteiger partial charge in [0.1, 0.15) is 0 Å². The Bertz CT molecular complexity index is 1130. The van der Waals surface area contributed by atoms with Gasteiger partial charge < -0.3 is 9.42 Å². The molecule has 0 N–H and O–H groups in total. The molecular formula is C21H20F3N3O3S. The Morgan fingerprint density at radius 1 is 1.06 bits per heavy atom. The van der Waals surface area contributed by atoms with Gasteiger partial charge in [0.25, 0.3) is 0 Å². The van der Waals surface area contributed by atoms with Crippen LogP contribution in [0.1, 0.15) is 17.9 Å². The second-order valence-electron chi connectivity index (χ2n) is 7.44. The van der Waals surface area contributed by atoms with E-state index in [0.717, 1.165) is 13.0 Å². The quantitative estimate of drug-likeness (QED) is 0.567. The number of hydrogen-bond donors (Lipinski definition) is 0. The molecule has 0 amide bonds. The number of rotatable bonds is 6. The third-order valence-electron chi connectivity index (χ3n) is 5.34. The van der Waals surface area contributed by atoms with Gasteiger partial charge in [-0.1, -0.05) is 35.5 Å². The first-order chi connectivity index (χ1) is 14.7. The Morgan fingerprint density at radius 2 is 1.77 bits per heavy atom. The van der Waals surface area contributed by atoms with Gasteiger partial charge in [0, 0.05) is 18.7 Å². The minimum Gasteiger partial charge on any atom is -0.329 e. The molecular weight excluding hydrogens is 431 g/mol. The van der Waals surface area contributed by atoms with E-state index in [1.54, 1.807) is 0 Å². The molecule has 1 fully saturated rings. The second-order valence-corrected chi connectivity index (χ2v) is 9.67. The standard InChI is InChI=1S/C21H20F3N3O3S/c22-21(23,24)20-25-19(26-30-20)16-6-8-17(9-7-16)31(28,29)18-11-13-27(14-18)12-10-15-4-2-1-3-5-15/h1-9,18H,10-14H2/t18-/m1/s1. The van der Waals surface area contributed by atoms with Crippen molar-refractivity contribution < 1.29 is 26.1 Å². The molecule has 1 aliphatic rings. The number of halogens is 3. The lowest BCUT2D eigenvalue weighted by atomic mass is 10.1. The average molecular weight is 451 g/mol. The number of hydrogen-bond acceptors (Lipinski definition) is 6. The smallest absolute Gasteiger partial charge is 0.329 e. The number of alkyl halides is 3. The maximum atomic E-state index is 13.0. The van der Waals surface area contributed by atoms with E-state index in [-0.39, 0.29) is 16.3 Å². The molecule has 0 spiro atoms. The minimum atomic E-state index is -4.73.